The number of aromatic nitrogens is 2. The molecule has 10 aromatic rings. The lowest BCUT2D eigenvalue weighted by molar-refractivity contribution is 0.661. The van der Waals surface area contributed by atoms with Crippen LogP contribution in [0.1, 0.15) is 25.0 Å². The third-order valence-corrected chi connectivity index (χ3v) is 12.8. The zero-order chi connectivity index (χ0) is 37.4. The molecule has 2 heterocycles. The molecule has 11 rings (SSSR count). The average Bonchev–Trinajstić information content (AvgIpc) is 3.74. The predicted octanol–water partition coefficient (Wildman–Crippen LogP) is 14.6. The van der Waals surface area contributed by atoms with Gasteiger partial charge >= 0.3 is 0 Å². The van der Waals surface area contributed by atoms with Crippen LogP contribution in [0.4, 0.5) is 0 Å². The molecule has 56 heavy (non-hydrogen) atoms. The maximum Gasteiger partial charge on any atom is 0.160 e. The number of rotatable bonds is 5. The van der Waals surface area contributed by atoms with Gasteiger partial charge in [0.15, 0.2) is 5.82 Å². The van der Waals surface area contributed by atoms with Gasteiger partial charge in [-0.2, -0.15) is 0 Å². The molecule has 264 valence electrons. The van der Waals surface area contributed by atoms with Crippen LogP contribution in [0, 0.1) is 0 Å². The Morgan fingerprint density at radius 1 is 0.393 bits per heavy atom. The molecular weight excluding hydrogens is 697 g/mol. The van der Waals surface area contributed by atoms with Crippen molar-refractivity contribution < 1.29 is 0 Å². The fraction of sp³-hybridized carbons (Fsp3) is 0.0566. The molecule has 0 aliphatic heterocycles. The van der Waals surface area contributed by atoms with E-state index in [2.05, 4.69) is 178 Å². The molecule has 2 nitrogen and oxygen atoms in total. The van der Waals surface area contributed by atoms with Crippen molar-refractivity contribution in [1.82, 2.24) is 9.97 Å². The van der Waals surface area contributed by atoms with Crippen molar-refractivity contribution in [3.05, 3.63) is 193 Å². The van der Waals surface area contributed by atoms with Gasteiger partial charge in [0.1, 0.15) is 0 Å². The van der Waals surface area contributed by atoms with Crippen LogP contribution in [0.25, 0.3) is 98.2 Å². The van der Waals surface area contributed by atoms with E-state index in [1.807, 2.05) is 29.5 Å². The Balaban J connectivity index is 1.00. The Labute approximate surface area is 330 Å². The lowest BCUT2D eigenvalue weighted by Crippen LogP contribution is -2.14. The van der Waals surface area contributed by atoms with Crippen molar-refractivity contribution in [3.8, 4) is 67.3 Å². The molecule has 3 heteroatoms. The van der Waals surface area contributed by atoms with E-state index in [0.29, 0.717) is 5.82 Å². The molecule has 0 saturated carbocycles. The van der Waals surface area contributed by atoms with Crippen LogP contribution in [0.2, 0.25) is 0 Å². The second-order valence-corrected chi connectivity index (χ2v) is 16.5. The summed E-state index contributed by atoms with van der Waals surface area (Å²) >= 11 is 1.85. The van der Waals surface area contributed by atoms with E-state index in [1.54, 1.807) is 0 Å². The number of fused-ring (bicyclic) bond motifs is 7. The average molecular weight is 733 g/mol. The van der Waals surface area contributed by atoms with Crippen molar-refractivity contribution in [2.45, 2.75) is 19.3 Å². The fourth-order valence-corrected chi connectivity index (χ4v) is 9.90. The molecule has 1 aliphatic carbocycles. The van der Waals surface area contributed by atoms with Crippen LogP contribution in [0.3, 0.4) is 0 Å². The molecule has 0 bridgehead atoms. The Hall–Kier alpha value is -6.68. The van der Waals surface area contributed by atoms with E-state index in [1.165, 1.54) is 75.5 Å². The molecule has 1 aliphatic rings. The molecular formula is C53H36N2S. The van der Waals surface area contributed by atoms with Gasteiger partial charge in [-0.3, -0.25) is 0 Å². The Morgan fingerprint density at radius 2 is 1.04 bits per heavy atom. The second-order valence-electron chi connectivity index (χ2n) is 15.4. The van der Waals surface area contributed by atoms with E-state index < -0.39 is 0 Å². The third kappa shape index (κ3) is 5.31. The normalized spacial score (nSPS) is 13.0. The van der Waals surface area contributed by atoms with E-state index in [4.69, 9.17) is 9.97 Å². The Bertz CT molecular complexity index is 3150. The maximum absolute atomic E-state index is 5.20. The van der Waals surface area contributed by atoms with Gasteiger partial charge in [-0.15, -0.1) is 11.3 Å². The number of hydrogen-bond donors (Lipinski definition) is 0. The summed E-state index contributed by atoms with van der Waals surface area (Å²) in [6.07, 6.45) is 0. The highest BCUT2D eigenvalue weighted by molar-refractivity contribution is 7.25. The quantitative estimate of drug-likeness (QED) is 0.176. The number of benzene rings is 8. The zero-order valence-corrected chi connectivity index (χ0v) is 31.9. The molecule has 0 fully saturated rings. The SMILES string of the molecule is CC1(C)c2cc3ccccc3cc2-c2c(-c3cccc(-c4cc(-c5ccc(-c6ccc7c(c6)sc6ccccc67)cc5)nc(-c5ccccc5)n4)c3)cccc21. The van der Waals surface area contributed by atoms with Crippen molar-refractivity contribution in [2.24, 2.45) is 0 Å². The van der Waals surface area contributed by atoms with E-state index >= 15 is 0 Å². The van der Waals surface area contributed by atoms with Gasteiger partial charge in [0.25, 0.3) is 0 Å². The van der Waals surface area contributed by atoms with Crippen LogP contribution >= 0.6 is 11.3 Å². The van der Waals surface area contributed by atoms with Crippen molar-refractivity contribution in [2.75, 3.05) is 0 Å². The predicted molar refractivity (Wildman–Crippen MR) is 237 cm³/mol. The lowest BCUT2D eigenvalue weighted by Gasteiger charge is -2.22. The minimum Gasteiger partial charge on any atom is -0.228 e. The molecule has 0 amide bonds. The maximum atomic E-state index is 5.20. The first-order valence-electron chi connectivity index (χ1n) is 19.2. The monoisotopic (exact) mass is 732 g/mol. The first kappa shape index (κ1) is 32.7. The zero-order valence-electron chi connectivity index (χ0n) is 31.1. The van der Waals surface area contributed by atoms with E-state index in [-0.39, 0.29) is 5.41 Å². The minimum atomic E-state index is -0.102. The summed E-state index contributed by atoms with van der Waals surface area (Å²) in [5.41, 5.74) is 15.0. The third-order valence-electron chi connectivity index (χ3n) is 11.7. The molecule has 0 radical (unpaired) electrons. The number of hydrogen-bond acceptors (Lipinski definition) is 3. The highest BCUT2D eigenvalue weighted by Crippen LogP contribution is 2.53. The first-order chi connectivity index (χ1) is 27.5. The highest BCUT2D eigenvalue weighted by atomic mass is 32.1. The molecule has 0 atom stereocenters. The Morgan fingerprint density at radius 3 is 1.88 bits per heavy atom. The number of nitrogens with zero attached hydrogens (tertiary/aromatic N) is 2. The Kier molecular flexibility index (Phi) is 7.42. The van der Waals surface area contributed by atoms with Crippen molar-refractivity contribution >= 4 is 42.3 Å². The molecule has 8 aromatic carbocycles. The van der Waals surface area contributed by atoms with Gasteiger partial charge in [0.05, 0.1) is 11.4 Å². The lowest BCUT2D eigenvalue weighted by atomic mass is 9.81. The summed E-state index contributed by atoms with van der Waals surface area (Å²) in [4.78, 5) is 10.4. The standard InChI is InChI=1S/C53H36N2S/c1-53(2)45-20-11-19-41(51(45)44-29-36-14-6-7-15-37(36)30-46(44)53)39-16-10-17-40(28-39)48-32-47(54-52(55-48)35-12-4-3-5-13-35)34-24-22-33(23-25-34)38-26-27-43-42-18-8-9-21-49(42)56-50(43)31-38/h3-32H,1-2H3. The molecule has 0 spiro atoms. The van der Waals surface area contributed by atoms with Gasteiger partial charge in [0, 0.05) is 42.3 Å². The summed E-state index contributed by atoms with van der Waals surface area (Å²) in [5, 5.41) is 5.19. The molecule has 2 aromatic heterocycles. The summed E-state index contributed by atoms with van der Waals surface area (Å²) in [6, 6.07) is 65.9. The van der Waals surface area contributed by atoms with Crippen LogP contribution < -0.4 is 0 Å². The van der Waals surface area contributed by atoms with Crippen LogP contribution in [0.5, 0.6) is 0 Å². The first-order valence-corrected chi connectivity index (χ1v) is 20.0. The van der Waals surface area contributed by atoms with Crippen molar-refractivity contribution in [3.63, 3.8) is 0 Å². The van der Waals surface area contributed by atoms with E-state index in [9.17, 15) is 0 Å². The van der Waals surface area contributed by atoms with Crippen molar-refractivity contribution in [1.29, 1.82) is 0 Å². The van der Waals surface area contributed by atoms with E-state index in [0.717, 1.165) is 28.1 Å². The molecule has 0 N–H and O–H groups in total. The molecule has 0 unspecified atom stereocenters. The summed E-state index contributed by atoms with van der Waals surface area (Å²) < 4.78 is 2.63. The summed E-state index contributed by atoms with van der Waals surface area (Å²) in [5.74, 6) is 0.714. The topological polar surface area (TPSA) is 25.8 Å². The van der Waals surface area contributed by atoms with Gasteiger partial charge in [-0.05, 0) is 91.7 Å². The van der Waals surface area contributed by atoms with Gasteiger partial charge < -0.3 is 0 Å². The second kappa shape index (κ2) is 12.7. The van der Waals surface area contributed by atoms with Gasteiger partial charge in [-0.1, -0.05) is 159 Å². The van der Waals surface area contributed by atoms with Crippen LogP contribution in [0.15, 0.2) is 182 Å². The van der Waals surface area contributed by atoms with Crippen LogP contribution in [-0.4, -0.2) is 9.97 Å². The molecule has 0 saturated heterocycles. The van der Waals surface area contributed by atoms with Gasteiger partial charge in [0.2, 0.25) is 0 Å². The van der Waals surface area contributed by atoms with Crippen LogP contribution in [-0.2, 0) is 5.41 Å². The fourth-order valence-electron chi connectivity index (χ4n) is 8.76. The number of thiophene rings is 1. The largest absolute Gasteiger partial charge is 0.228 e. The smallest absolute Gasteiger partial charge is 0.160 e. The highest BCUT2D eigenvalue weighted by Gasteiger charge is 2.37. The van der Waals surface area contributed by atoms with Gasteiger partial charge in [-0.25, -0.2) is 9.97 Å². The summed E-state index contributed by atoms with van der Waals surface area (Å²) in [6.45, 7) is 4.72. The summed E-state index contributed by atoms with van der Waals surface area (Å²) in [7, 11) is 0. The minimum absolute atomic E-state index is 0.102.